The molecule has 19 heavy (non-hydrogen) atoms. The normalized spacial score (nSPS) is 28.8. The lowest BCUT2D eigenvalue weighted by atomic mass is 9.79. The molecule has 0 amide bonds. The second-order valence-corrected chi connectivity index (χ2v) is 5.94. The molecule has 0 spiro atoms. The molecule has 0 aromatic rings. The topological polar surface area (TPSA) is 71.1 Å². The fraction of sp³-hybridized carbons (Fsp3) is 0.929. The van der Waals surface area contributed by atoms with Gasteiger partial charge in [-0.1, -0.05) is 19.0 Å². The summed E-state index contributed by atoms with van der Waals surface area (Å²) in [4.78, 5) is 2.44. The number of hydrogen-bond acceptors (Lipinski definition) is 4. The molecule has 5 heteroatoms. The number of methoxy groups -OCH3 is 1. The summed E-state index contributed by atoms with van der Waals surface area (Å²) in [5.74, 6) is 1.87. The van der Waals surface area contributed by atoms with Crippen molar-refractivity contribution in [3.05, 3.63) is 0 Å². The molecule has 0 bridgehead atoms. The quantitative estimate of drug-likeness (QED) is 0.321. The lowest BCUT2D eigenvalue weighted by Gasteiger charge is -2.39. The molecule has 5 nitrogen and oxygen atoms in total. The highest BCUT2D eigenvalue weighted by Crippen LogP contribution is 2.31. The van der Waals surface area contributed by atoms with E-state index in [-0.39, 0.29) is 0 Å². The van der Waals surface area contributed by atoms with Crippen LogP contribution in [-0.4, -0.2) is 48.8 Å². The smallest absolute Gasteiger partial charge is 0.140 e. The molecule has 1 saturated carbocycles. The zero-order chi connectivity index (χ0) is 14.3. The molecule has 112 valence electrons. The van der Waals surface area contributed by atoms with Crippen LogP contribution in [0, 0.1) is 11.8 Å². The lowest BCUT2D eigenvalue weighted by Crippen LogP contribution is -2.43. The molecule has 1 aliphatic carbocycles. The predicted octanol–water partition coefficient (Wildman–Crippen LogP) is 1.90. The van der Waals surface area contributed by atoms with Gasteiger partial charge in [0.2, 0.25) is 0 Å². The minimum atomic E-state index is 0.305. The maximum atomic E-state index is 8.64. The Morgan fingerprint density at radius 1 is 1.26 bits per heavy atom. The highest BCUT2D eigenvalue weighted by molar-refractivity contribution is 5.79. The average Bonchev–Trinajstić information content (AvgIpc) is 2.37. The van der Waals surface area contributed by atoms with Crippen molar-refractivity contribution in [2.24, 2.45) is 22.7 Å². The highest BCUT2D eigenvalue weighted by atomic mass is 16.5. The first-order valence-corrected chi connectivity index (χ1v) is 7.26. The molecule has 2 unspecified atom stereocenters. The van der Waals surface area contributed by atoms with Gasteiger partial charge in [-0.15, -0.1) is 0 Å². The predicted molar refractivity (Wildman–Crippen MR) is 77.4 cm³/mol. The Labute approximate surface area is 116 Å². The molecule has 1 rings (SSSR count). The summed E-state index contributed by atoms with van der Waals surface area (Å²) in [5, 5.41) is 11.7. The standard InChI is InChI=1S/C14H29N3O2/c1-11-8-12(2)10-13(9-11)17(6-7-19-3)5-4-14(15)16-18/h11-13,18H,4-10H2,1-3H3,(H2,15,16). The fourth-order valence-corrected chi connectivity index (χ4v) is 3.20. The van der Waals surface area contributed by atoms with Crippen LogP contribution >= 0.6 is 0 Å². The van der Waals surface area contributed by atoms with Crippen LogP contribution in [0.2, 0.25) is 0 Å². The maximum Gasteiger partial charge on any atom is 0.140 e. The van der Waals surface area contributed by atoms with E-state index in [1.807, 2.05) is 0 Å². The summed E-state index contributed by atoms with van der Waals surface area (Å²) in [6.45, 7) is 7.15. The second-order valence-electron chi connectivity index (χ2n) is 5.94. The van der Waals surface area contributed by atoms with E-state index in [0.717, 1.165) is 31.5 Å². The fourth-order valence-electron chi connectivity index (χ4n) is 3.20. The third kappa shape index (κ3) is 5.78. The minimum Gasteiger partial charge on any atom is -0.409 e. The number of nitrogens with zero attached hydrogens (tertiary/aromatic N) is 2. The maximum absolute atomic E-state index is 8.64. The second kappa shape index (κ2) is 8.38. The van der Waals surface area contributed by atoms with Crippen molar-refractivity contribution in [2.75, 3.05) is 26.8 Å². The number of amidine groups is 1. The number of nitrogens with two attached hydrogens (primary N) is 1. The molecule has 0 aromatic heterocycles. The van der Waals surface area contributed by atoms with Gasteiger partial charge >= 0.3 is 0 Å². The van der Waals surface area contributed by atoms with Gasteiger partial charge in [-0.25, -0.2) is 0 Å². The molecule has 0 aliphatic heterocycles. The molecule has 1 aliphatic rings. The summed E-state index contributed by atoms with van der Waals surface area (Å²) in [6.07, 6.45) is 4.42. The molecular formula is C14H29N3O2. The Bertz CT molecular complexity index is 274. The number of rotatable bonds is 7. The van der Waals surface area contributed by atoms with Crippen molar-refractivity contribution in [3.8, 4) is 0 Å². The molecule has 2 atom stereocenters. The Morgan fingerprint density at radius 3 is 2.42 bits per heavy atom. The van der Waals surface area contributed by atoms with E-state index in [0.29, 0.717) is 18.3 Å². The molecule has 0 saturated heterocycles. The zero-order valence-electron chi connectivity index (χ0n) is 12.5. The van der Waals surface area contributed by atoms with E-state index in [1.165, 1.54) is 19.3 Å². The van der Waals surface area contributed by atoms with E-state index in [2.05, 4.69) is 23.9 Å². The number of ether oxygens (including phenoxy) is 1. The van der Waals surface area contributed by atoms with Gasteiger partial charge in [0, 0.05) is 32.7 Å². The van der Waals surface area contributed by atoms with Crippen molar-refractivity contribution < 1.29 is 9.94 Å². The van der Waals surface area contributed by atoms with E-state index in [9.17, 15) is 0 Å². The van der Waals surface area contributed by atoms with E-state index in [4.69, 9.17) is 15.7 Å². The largest absolute Gasteiger partial charge is 0.409 e. The Morgan fingerprint density at radius 2 is 1.89 bits per heavy atom. The first-order chi connectivity index (χ1) is 9.06. The summed E-state index contributed by atoms with van der Waals surface area (Å²) in [5.41, 5.74) is 5.58. The zero-order valence-corrected chi connectivity index (χ0v) is 12.5. The van der Waals surface area contributed by atoms with Gasteiger partial charge < -0.3 is 15.7 Å². The van der Waals surface area contributed by atoms with Crippen molar-refractivity contribution in [1.29, 1.82) is 0 Å². The van der Waals surface area contributed by atoms with Gasteiger partial charge in [-0.2, -0.15) is 0 Å². The van der Waals surface area contributed by atoms with Crippen LogP contribution in [-0.2, 0) is 4.74 Å². The van der Waals surface area contributed by atoms with Crippen LogP contribution in [0.3, 0.4) is 0 Å². The van der Waals surface area contributed by atoms with Gasteiger partial charge in [-0.3, -0.25) is 4.90 Å². The van der Waals surface area contributed by atoms with E-state index in [1.54, 1.807) is 7.11 Å². The first kappa shape index (κ1) is 16.2. The molecule has 0 heterocycles. The summed E-state index contributed by atoms with van der Waals surface area (Å²) >= 11 is 0. The van der Waals surface area contributed by atoms with Crippen LogP contribution in [0.25, 0.3) is 0 Å². The molecule has 0 radical (unpaired) electrons. The molecular weight excluding hydrogens is 242 g/mol. The van der Waals surface area contributed by atoms with Crippen LogP contribution in [0.15, 0.2) is 5.16 Å². The third-order valence-electron chi connectivity index (χ3n) is 4.04. The monoisotopic (exact) mass is 271 g/mol. The van der Waals surface area contributed by atoms with Crippen molar-refractivity contribution in [3.63, 3.8) is 0 Å². The van der Waals surface area contributed by atoms with Gasteiger partial charge in [0.25, 0.3) is 0 Å². The van der Waals surface area contributed by atoms with Crippen molar-refractivity contribution >= 4 is 5.84 Å². The van der Waals surface area contributed by atoms with Crippen molar-refractivity contribution in [2.45, 2.75) is 45.6 Å². The number of hydrogen-bond donors (Lipinski definition) is 2. The summed E-state index contributed by atoms with van der Waals surface area (Å²) < 4.78 is 5.20. The van der Waals surface area contributed by atoms with Gasteiger partial charge in [-0.05, 0) is 31.1 Å². The van der Waals surface area contributed by atoms with Crippen LogP contribution in [0.1, 0.15) is 39.5 Å². The van der Waals surface area contributed by atoms with Crippen LogP contribution < -0.4 is 5.73 Å². The molecule has 0 aromatic carbocycles. The Kier molecular flexibility index (Phi) is 7.16. The van der Waals surface area contributed by atoms with Gasteiger partial charge in [0.1, 0.15) is 5.84 Å². The summed E-state index contributed by atoms with van der Waals surface area (Å²) in [7, 11) is 1.73. The summed E-state index contributed by atoms with van der Waals surface area (Å²) in [6, 6.07) is 0.598. The van der Waals surface area contributed by atoms with Crippen LogP contribution in [0.4, 0.5) is 0 Å². The lowest BCUT2D eigenvalue weighted by molar-refractivity contribution is 0.0789. The first-order valence-electron chi connectivity index (χ1n) is 7.26. The Balaban J connectivity index is 2.55. The van der Waals surface area contributed by atoms with Gasteiger partial charge in [0.15, 0.2) is 0 Å². The Hall–Kier alpha value is -0.810. The van der Waals surface area contributed by atoms with Crippen molar-refractivity contribution in [1.82, 2.24) is 4.90 Å². The van der Waals surface area contributed by atoms with Crippen LogP contribution in [0.5, 0.6) is 0 Å². The average molecular weight is 271 g/mol. The number of oxime groups is 1. The van der Waals surface area contributed by atoms with E-state index < -0.39 is 0 Å². The van der Waals surface area contributed by atoms with E-state index >= 15 is 0 Å². The SMILES string of the molecule is COCCN(CCC(N)=NO)C1CC(C)CC(C)C1. The molecule has 1 fully saturated rings. The van der Waals surface area contributed by atoms with Gasteiger partial charge in [0.05, 0.1) is 6.61 Å². The minimum absolute atomic E-state index is 0.305. The third-order valence-corrected chi connectivity index (χ3v) is 4.04. The molecule has 3 N–H and O–H groups in total. The highest BCUT2D eigenvalue weighted by Gasteiger charge is 2.28.